The lowest BCUT2D eigenvalue weighted by atomic mass is 9.97. The largest absolute Gasteiger partial charge is 0.355 e. The molecule has 2 nitrogen and oxygen atoms in total. The van der Waals surface area contributed by atoms with Crippen molar-refractivity contribution in [3.63, 3.8) is 0 Å². The van der Waals surface area contributed by atoms with E-state index in [-0.39, 0.29) is 6.04 Å². The third kappa shape index (κ3) is 5.55. The Balaban J connectivity index is 2.96. The van der Waals surface area contributed by atoms with Crippen molar-refractivity contribution in [2.75, 3.05) is 7.05 Å². The minimum atomic E-state index is 0.0906. The lowest BCUT2D eigenvalue weighted by Gasteiger charge is -2.20. The van der Waals surface area contributed by atoms with Gasteiger partial charge in [0.2, 0.25) is 0 Å². The van der Waals surface area contributed by atoms with E-state index < -0.39 is 0 Å². The molecule has 1 unspecified atom stereocenters. The predicted molar refractivity (Wildman–Crippen MR) is 96.0 cm³/mol. The van der Waals surface area contributed by atoms with Crippen molar-refractivity contribution in [1.82, 2.24) is 10.6 Å². The smallest absolute Gasteiger partial charge is 0.0656 e. The summed E-state index contributed by atoms with van der Waals surface area (Å²) in [4.78, 5) is 0. The van der Waals surface area contributed by atoms with Crippen molar-refractivity contribution in [2.45, 2.75) is 25.8 Å². The van der Waals surface area contributed by atoms with Crippen molar-refractivity contribution in [2.24, 2.45) is 0 Å². The summed E-state index contributed by atoms with van der Waals surface area (Å²) in [5.41, 5.74) is 5.95. The molecule has 0 aliphatic rings. The molecular weight excluding hydrogens is 276 g/mol. The van der Waals surface area contributed by atoms with Gasteiger partial charge in [-0.15, -0.1) is 12.3 Å². The number of rotatable bonds is 8. The second-order valence-electron chi connectivity index (χ2n) is 4.87. The van der Waals surface area contributed by atoms with Gasteiger partial charge in [0.15, 0.2) is 0 Å². The van der Waals surface area contributed by atoms with E-state index in [4.69, 9.17) is 18.6 Å². The predicted octanol–water partition coefficient (Wildman–Crippen LogP) is 3.44. The van der Waals surface area contributed by atoms with Crippen LogP contribution in [0.15, 0.2) is 42.1 Å². The van der Waals surface area contributed by atoms with Crippen LogP contribution in [0.4, 0.5) is 0 Å². The fourth-order valence-corrected chi connectivity index (χ4v) is 2.27. The maximum Gasteiger partial charge on any atom is 0.0656 e. The van der Waals surface area contributed by atoms with Crippen LogP contribution in [-0.4, -0.2) is 18.6 Å². The molecule has 0 spiro atoms. The number of likely N-dealkylation sites (N-methyl/N-ethyl adjacent to an activating group) is 1. The molecule has 21 heavy (non-hydrogen) atoms. The van der Waals surface area contributed by atoms with Crippen LogP contribution in [0.1, 0.15) is 24.0 Å². The first kappa shape index (κ1) is 17.2. The first-order valence-electron chi connectivity index (χ1n) is 6.87. The Morgan fingerprint density at radius 2 is 2.19 bits per heavy atom. The zero-order chi connectivity index (χ0) is 15.7. The fraction of sp³-hybridized carbons (Fsp3) is 0.278. The molecule has 0 saturated carbocycles. The average molecular weight is 298 g/mol. The van der Waals surface area contributed by atoms with E-state index in [0.29, 0.717) is 6.42 Å². The lowest BCUT2D eigenvalue weighted by molar-refractivity contribution is 0.611. The second-order valence-corrected chi connectivity index (χ2v) is 5.11. The van der Waals surface area contributed by atoms with Gasteiger partial charge in [-0.2, -0.15) is 0 Å². The average Bonchev–Trinajstić information content (AvgIpc) is 2.47. The lowest BCUT2D eigenvalue weighted by Crippen LogP contribution is -2.33. The van der Waals surface area contributed by atoms with Gasteiger partial charge < -0.3 is 10.6 Å². The van der Waals surface area contributed by atoms with Gasteiger partial charge in [0.1, 0.15) is 0 Å². The van der Waals surface area contributed by atoms with Crippen LogP contribution in [0, 0.1) is 19.3 Å². The van der Waals surface area contributed by atoms with Gasteiger partial charge in [0.05, 0.1) is 11.5 Å². The summed E-state index contributed by atoms with van der Waals surface area (Å²) >= 11 is 4.81. The highest BCUT2D eigenvalue weighted by atomic mass is 32.1. The number of nitrogens with one attached hydrogen (secondary N) is 2. The van der Waals surface area contributed by atoms with Gasteiger partial charge in [-0.3, -0.25) is 0 Å². The molecule has 0 aliphatic carbocycles. The summed E-state index contributed by atoms with van der Waals surface area (Å²) in [5.74, 6) is 2.73. The van der Waals surface area contributed by atoms with E-state index in [2.05, 4.69) is 48.3 Å². The number of hydrogen-bond donors (Lipinski definition) is 2. The van der Waals surface area contributed by atoms with E-state index in [0.717, 1.165) is 12.1 Å². The Morgan fingerprint density at radius 3 is 2.76 bits per heavy atom. The van der Waals surface area contributed by atoms with Crippen molar-refractivity contribution in [1.29, 1.82) is 0 Å². The first-order chi connectivity index (χ1) is 10.1. The highest BCUT2D eigenvalue weighted by Crippen LogP contribution is 2.19. The quantitative estimate of drug-likeness (QED) is 0.568. The van der Waals surface area contributed by atoms with Gasteiger partial charge >= 0.3 is 0 Å². The van der Waals surface area contributed by atoms with E-state index in [1.165, 1.54) is 22.2 Å². The number of benzene rings is 1. The molecule has 110 valence electrons. The Kier molecular flexibility index (Phi) is 7.45. The summed E-state index contributed by atoms with van der Waals surface area (Å²) in [7, 11) is 1.90. The van der Waals surface area contributed by atoms with Crippen LogP contribution >= 0.6 is 12.2 Å². The third-order valence-electron chi connectivity index (χ3n) is 3.36. The summed E-state index contributed by atoms with van der Waals surface area (Å²) < 4.78 is 0. The zero-order valence-corrected chi connectivity index (χ0v) is 13.5. The fourth-order valence-electron chi connectivity index (χ4n) is 2.12. The molecule has 0 saturated heterocycles. The topological polar surface area (TPSA) is 24.1 Å². The minimum absolute atomic E-state index is 0.0906. The second kappa shape index (κ2) is 9.12. The number of terminal acetylenes is 1. The summed E-state index contributed by atoms with van der Waals surface area (Å²) in [6.07, 6.45) is 9.09. The van der Waals surface area contributed by atoms with Gasteiger partial charge in [0, 0.05) is 12.1 Å². The summed E-state index contributed by atoms with van der Waals surface area (Å²) in [6.45, 7) is 6.10. The maximum absolute atomic E-state index is 5.50. The highest BCUT2D eigenvalue weighted by Gasteiger charge is 2.12. The molecule has 0 aromatic heterocycles. The van der Waals surface area contributed by atoms with Gasteiger partial charge in [0.25, 0.3) is 0 Å². The van der Waals surface area contributed by atoms with Crippen LogP contribution < -0.4 is 10.6 Å². The van der Waals surface area contributed by atoms with Crippen molar-refractivity contribution in [3.8, 4) is 12.3 Å². The standard InChI is InChI=1S/C18H22N2S/c1-5-8-16(11-17-10-7-6-9-14(17)2)12-18(19-4)15(3)20-13-21/h1,6-7,9-11,13,18-19H,3,8,12H2,2,4H3,(H,20,21)/b16-11+. The number of hydrogen-bond acceptors (Lipinski definition) is 2. The van der Waals surface area contributed by atoms with Gasteiger partial charge in [-0.05, 0) is 31.5 Å². The van der Waals surface area contributed by atoms with Gasteiger partial charge in [-0.25, -0.2) is 0 Å². The molecule has 1 aromatic carbocycles. The Bertz CT molecular complexity index is 567. The first-order valence-corrected chi connectivity index (χ1v) is 7.34. The van der Waals surface area contributed by atoms with E-state index in [1.807, 2.05) is 19.2 Å². The monoisotopic (exact) mass is 298 g/mol. The molecule has 0 heterocycles. The van der Waals surface area contributed by atoms with Crippen LogP contribution in [-0.2, 0) is 0 Å². The minimum Gasteiger partial charge on any atom is -0.355 e. The van der Waals surface area contributed by atoms with Crippen molar-refractivity contribution < 1.29 is 0 Å². The number of thiocarbonyl (C=S) groups is 1. The van der Waals surface area contributed by atoms with Crippen molar-refractivity contribution in [3.05, 3.63) is 53.2 Å². The molecule has 1 rings (SSSR count). The van der Waals surface area contributed by atoms with E-state index in [1.54, 1.807) is 0 Å². The molecule has 1 atom stereocenters. The number of aryl methyl sites for hydroxylation is 1. The molecule has 0 bridgehead atoms. The molecule has 2 N–H and O–H groups in total. The van der Waals surface area contributed by atoms with Crippen LogP contribution in [0.5, 0.6) is 0 Å². The zero-order valence-electron chi connectivity index (χ0n) is 12.6. The molecule has 0 amide bonds. The van der Waals surface area contributed by atoms with Crippen LogP contribution in [0.25, 0.3) is 6.08 Å². The molecular formula is C18H22N2S. The summed E-state index contributed by atoms with van der Waals surface area (Å²) in [6, 6.07) is 8.36. The highest BCUT2D eigenvalue weighted by molar-refractivity contribution is 7.78. The molecule has 1 aromatic rings. The Morgan fingerprint density at radius 1 is 1.48 bits per heavy atom. The third-order valence-corrected chi connectivity index (χ3v) is 3.47. The van der Waals surface area contributed by atoms with Gasteiger partial charge in [-0.1, -0.05) is 54.7 Å². The van der Waals surface area contributed by atoms with E-state index >= 15 is 0 Å². The normalized spacial score (nSPS) is 12.3. The molecule has 0 radical (unpaired) electrons. The van der Waals surface area contributed by atoms with Crippen LogP contribution in [0.3, 0.4) is 0 Å². The van der Waals surface area contributed by atoms with Crippen molar-refractivity contribution >= 4 is 23.8 Å². The maximum atomic E-state index is 5.50. The van der Waals surface area contributed by atoms with E-state index in [9.17, 15) is 0 Å². The van der Waals surface area contributed by atoms with Crippen LogP contribution in [0.2, 0.25) is 0 Å². The summed E-state index contributed by atoms with van der Waals surface area (Å²) in [5, 5.41) is 6.21. The molecule has 0 fully saturated rings. The Labute approximate surface area is 133 Å². The molecule has 0 aliphatic heterocycles. The SMILES string of the molecule is C#CC/C(=C\c1ccccc1C)CC(NC)C(=C)NC=S. The Hall–Kier alpha value is -1.89. The molecule has 3 heteroatoms.